The molecule has 5 rings (SSSR count). The van der Waals surface area contributed by atoms with E-state index in [4.69, 9.17) is 0 Å². The van der Waals surface area contributed by atoms with Gasteiger partial charge in [-0.05, 0) is 31.5 Å². The molecule has 2 aromatic rings. The molecule has 0 saturated carbocycles. The van der Waals surface area contributed by atoms with E-state index in [0.29, 0.717) is 0 Å². The molecule has 1 aromatic heterocycles. The van der Waals surface area contributed by atoms with Gasteiger partial charge in [0.05, 0.1) is 5.69 Å². The van der Waals surface area contributed by atoms with E-state index in [-0.39, 0.29) is 11.7 Å². The molecule has 2 bridgehead atoms. The molecule has 0 aliphatic carbocycles. The molecular weight excluding hydrogens is 248 g/mol. The smallest absolute Gasteiger partial charge is 0.186 e. The van der Waals surface area contributed by atoms with E-state index >= 15 is 0 Å². The number of para-hydroxylation sites is 1. The standard InChI is InChI=1S/C17H18N2O/c1-2-11-9-19-8-7-12(11)17(20)16-14(10-19)13-5-3-4-6-15(13)18-16/h2-6,12,18H,7-10H2,1H3/b11-2-. The van der Waals surface area contributed by atoms with Crippen LogP contribution in [0.5, 0.6) is 0 Å². The Hall–Kier alpha value is -1.87. The molecule has 3 aliphatic heterocycles. The Kier molecular flexibility index (Phi) is 2.57. The second-order valence-electron chi connectivity index (χ2n) is 5.80. The van der Waals surface area contributed by atoms with Crippen LogP contribution in [-0.4, -0.2) is 28.8 Å². The monoisotopic (exact) mass is 266 g/mol. The van der Waals surface area contributed by atoms with Crippen molar-refractivity contribution in [3.63, 3.8) is 0 Å². The Morgan fingerprint density at radius 1 is 1.30 bits per heavy atom. The van der Waals surface area contributed by atoms with Crippen molar-refractivity contribution in [3.8, 4) is 0 Å². The number of hydrogen-bond acceptors (Lipinski definition) is 2. The van der Waals surface area contributed by atoms with Gasteiger partial charge in [0.1, 0.15) is 0 Å². The number of aromatic amines is 1. The molecule has 1 fully saturated rings. The molecule has 3 aliphatic rings. The summed E-state index contributed by atoms with van der Waals surface area (Å²) in [4.78, 5) is 18.7. The van der Waals surface area contributed by atoms with E-state index in [2.05, 4.69) is 28.1 Å². The number of benzene rings is 1. The first-order valence-electron chi connectivity index (χ1n) is 7.29. The van der Waals surface area contributed by atoms with Crippen LogP contribution in [-0.2, 0) is 6.54 Å². The van der Waals surface area contributed by atoms with Gasteiger partial charge in [0.15, 0.2) is 5.78 Å². The lowest BCUT2D eigenvalue weighted by molar-refractivity contribution is 0.0875. The summed E-state index contributed by atoms with van der Waals surface area (Å²) in [7, 11) is 0. The summed E-state index contributed by atoms with van der Waals surface area (Å²) in [6, 6.07) is 8.24. The number of fused-ring (bicyclic) bond motifs is 3. The number of aromatic nitrogens is 1. The lowest BCUT2D eigenvalue weighted by atomic mass is 9.83. The lowest BCUT2D eigenvalue weighted by Gasteiger charge is -2.36. The van der Waals surface area contributed by atoms with E-state index in [1.165, 1.54) is 16.5 Å². The van der Waals surface area contributed by atoms with Crippen LogP contribution in [0.3, 0.4) is 0 Å². The van der Waals surface area contributed by atoms with E-state index in [1.54, 1.807) is 0 Å². The number of H-pyrrole nitrogens is 1. The summed E-state index contributed by atoms with van der Waals surface area (Å²) in [6.07, 6.45) is 3.08. The van der Waals surface area contributed by atoms with Gasteiger partial charge in [0.2, 0.25) is 0 Å². The molecule has 1 saturated heterocycles. The number of piperidine rings is 1. The first-order chi connectivity index (χ1) is 9.78. The van der Waals surface area contributed by atoms with Crippen LogP contribution in [0.4, 0.5) is 0 Å². The van der Waals surface area contributed by atoms with Crippen molar-refractivity contribution in [1.82, 2.24) is 9.88 Å². The Labute approximate surface area is 118 Å². The second kappa shape index (κ2) is 4.32. The van der Waals surface area contributed by atoms with Crippen molar-refractivity contribution in [2.75, 3.05) is 13.1 Å². The highest BCUT2D eigenvalue weighted by atomic mass is 16.1. The van der Waals surface area contributed by atoms with Crippen molar-refractivity contribution in [2.24, 2.45) is 5.92 Å². The largest absolute Gasteiger partial charge is 0.352 e. The number of allylic oxidation sites excluding steroid dienone is 1. The Bertz CT molecular complexity index is 726. The van der Waals surface area contributed by atoms with Crippen molar-refractivity contribution in [3.05, 3.63) is 47.2 Å². The van der Waals surface area contributed by atoms with Gasteiger partial charge in [-0.1, -0.05) is 24.3 Å². The number of Topliss-reactive ketones (excluding diaryl/α,β-unsaturated/α-hetero) is 1. The fraction of sp³-hybridized carbons (Fsp3) is 0.353. The Morgan fingerprint density at radius 2 is 2.15 bits per heavy atom. The third-order valence-electron chi connectivity index (χ3n) is 4.72. The minimum atomic E-state index is 0.0726. The zero-order valence-corrected chi connectivity index (χ0v) is 11.6. The average molecular weight is 266 g/mol. The highest BCUT2D eigenvalue weighted by Gasteiger charge is 2.35. The minimum absolute atomic E-state index is 0.0726. The SMILES string of the molecule is C/C=C1/CN2CCC1C(=O)c1[nH]c3ccccc3c1C2. The van der Waals surface area contributed by atoms with Crippen LogP contribution >= 0.6 is 0 Å². The molecule has 2 unspecified atom stereocenters. The van der Waals surface area contributed by atoms with Gasteiger partial charge < -0.3 is 4.98 Å². The summed E-state index contributed by atoms with van der Waals surface area (Å²) in [5.74, 6) is 0.354. The summed E-state index contributed by atoms with van der Waals surface area (Å²) in [5, 5.41) is 1.20. The molecule has 1 aromatic carbocycles. The maximum Gasteiger partial charge on any atom is 0.186 e. The number of carbonyl (C=O) groups excluding carboxylic acids is 1. The number of carbonyl (C=O) groups is 1. The molecule has 0 radical (unpaired) electrons. The molecule has 0 amide bonds. The molecule has 3 nitrogen and oxygen atoms in total. The van der Waals surface area contributed by atoms with Crippen LogP contribution < -0.4 is 0 Å². The molecular formula is C17H18N2O. The summed E-state index contributed by atoms with van der Waals surface area (Å²) >= 11 is 0. The van der Waals surface area contributed by atoms with Crippen LogP contribution in [0.2, 0.25) is 0 Å². The van der Waals surface area contributed by atoms with E-state index in [0.717, 1.165) is 37.3 Å². The topological polar surface area (TPSA) is 36.1 Å². The van der Waals surface area contributed by atoms with Crippen molar-refractivity contribution < 1.29 is 4.79 Å². The average Bonchev–Trinajstić information content (AvgIpc) is 2.83. The van der Waals surface area contributed by atoms with Crippen molar-refractivity contribution >= 4 is 16.7 Å². The predicted octanol–water partition coefficient (Wildman–Crippen LogP) is 3.13. The number of rotatable bonds is 0. The van der Waals surface area contributed by atoms with E-state index in [9.17, 15) is 4.79 Å². The van der Waals surface area contributed by atoms with E-state index < -0.39 is 0 Å². The fourth-order valence-electron chi connectivity index (χ4n) is 3.64. The predicted molar refractivity (Wildman–Crippen MR) is 79.8 cm³/mol. The van der Waals surface area contributed by atoms with Gasteiger partial charge in [-0.2, -0.15) is 0 Å². The van der Waals surface area contributed by atoms with Crippen LogP contribution in [0.1, 0.15) is 29.4 Å². The molecule has 20 heavy (non-hydrogen) atoms. The highest BCUT2D eigenvalue weighted by molar-refractivity contribution is 6.04. The normalized spacial score (nSPS) is 27.6. The lowest BCUT2D eigenvalue weighted by Crippen LogP contribution is -2.40. The van der Waals surface area contributed by atoms with Gasteiger partial charge in [-0.25, -0.2) is 0 Å². The number of hydrogen-bond donors (Lipinski definition) is 1. The van der Waals surface area contributed by atoms with Crippen molar-refractivity contribution in [2.45, 2.75) is 19.9 Å². The third-order valence-corrected chi connectivity index (χ3v) is 4.72. The maximum atomic E-state index is 12.9. The summed E-state index contributed by atoms with van der Waals surface area (Å²) < 4.78 is 0. The second-order valence-corrected chi connectivity index (χ2v) is 5.80. The zero-order valence-electron chi connectivity index (χ0n) is 11.6. The van der Waals surface area contributed by atoms with Gasteiger partial charge in [0.25, 0.3) is 0 Å². The fourth-order valence-corrected chi connectivity index (χ4v) is 3.64. The van der Waals surface area contributed by atoms with Gasteiger partial charge in [-0.15, -0.1) is 0 Å². The van der Waals surface area contributed by atoms with Gasteiger partial charge >= 0.3 is 0 Å². The first-order valence-corrected chi connectivity index (χ1v) is 7.29. The summed E-state index contributed by atoms with van der Waals surface area (Å²) in [6.45, 7) is 4.88. The highest BCUT2D eigenvalue weighted by Crippen LogP contribution is 2.35. The van der Waals surface area contributed by atoms with Crippen LogP contribution in [0.25, 0.3) is 10.9 Å². The molecule has 4 heterocycles. The zero-order chi connectivity index (χ0) is 13.7. The number of nitrogens with one attached hydrogen (secondary N) is 1. The molecule has 0 spiro atoms. The first kappa shape index (κ1) is 11.9. The maximum absolute atomic E-state index is 12.9. The van der Waals surface area contributed by atoms with Gasteiger partial charge in [-0.3, -0.25) is 9.69 Å². The molecule has 2 atom stereocenters. The van der Waals surface area contributed by atoms with E-state index in [1.807, 2.05) is 19.1 Å². The minimum Gasteiger partial charge on any atom is -0.352 e. The summed E-state index contributed by atoms with van der Waals surface area (Å²) in [5.41, 5.74) is 4.38. The van der Waals surface area contributed by atoms with Gasteiger partial charge in [0, 0.05) is 35.5 Å². The molecule has 3 heteroatoms. The third kappa shape index (κ3) is 1.59. The van der Waals surface area contributed by atoms with Crippen LogP contribution in [0.15, 0.2) is 35.9 Å². The quantitative estimate of drug-likeness (QED) is 0.744. The van der Waals surface area contributed by atoms with Crippen molar-refractivity contribution in [1.29, 1.82) is 0 Å². The number of ketones is 1. The molecule has 102 valence electrons. The Morgan fingerprint density at radius 3 is 3.00 bits per heavy atom. The molecule has 1 N–H and O–H groups in total. The number of nitrogens with zero attached hydrogens (tertiary/aromatic N) is 1. The Balaban J connectivity index is 1.95. The van der Waals surface area contributed by atoms with Crippen LogP contribution in [0, 0.1) is 5.92 Å².